The third-order valence-corrected chi connectivity index (χ3v) is 1.66. The van der Waals surface area contributed by atoms with E-state index in [-0.39, 0.29) is 12.1 Å². The molecule has 0 aromatic carbocycles. The summed E-state index contributed by atoms with van der Waals surface area (Å²) in [6.07, 6.45) is 3.46. The Bertz CT molecular complexity index is 208. The second kappa shape index (κ2) is 3.27. The number of rotatable bonds is 2. The fourth-order valence-corrected chi connectivity index (χ4v) is 1.00. The van der Waals surface area contributed by atoms with Crippen molar-refractivity contribution in [3.63, 3.8) is 0 Å². The van der Waals surface area contributed by atoms with Crippen LogP contribution in [0.15, 0.2) is 12.2 Å². The lowest BCUT2D eigenvalue weighted by atomic mass is 10.1. The van der Waals surface area contributed by atoms with Gasteiger partial charge in [0.05, 0.1) is 12.7 Å². The molecule has 0 amide bonds. The molecule has 0 N–H and O–H groups in total. The average molecular weight is 170 g/mol. The summed E-state index contributed by atoms with van der Waals surface area (Å²) in [4.78, 5) is 11.4. The Morgan fingerprint density at radius 2 is 2.33 bits per heavy atom. The van der Waals surface area contributed by atoms with Gasteiger partial charge in [0, 0.05) is 0 Å². The van der Waals surface area contributed by atoms with Crippen molar-refractivity contribution in [1.82, 2.24) is 0 Å². The highest BCUT2D eigenvalue weighted by Gasteiger charge is 2.36. The van der Waals surface area contributed by atoms with E-state index in [1.807, 2.05) is 19.9 Å². The Morgan fingerprint density at radius 1 is 1.67 bits per heavy atom. The molecule has 0 saturated carbocycles. The summed E-state index contributed by atoms with van der Waals surface area (Å²) in [7, 11) is 0. The van der Waals surface area contributed by atoms with Gasteiger partial charge in [0.15, 0.2) is 5.60 Å². The van der Waals surface area contributed by atoms with E-state index < -0.39 is 5.60 Å². The largest absolute Gasteiger partial charge is 0.461 e. The van der Waals surface area contributed by atoms with Gasteiger partial charge in [0.2, 0.25) is 0 Å². The van der Waals surface area contributed by atoms with Crippen molar-refractivity contribution >= 4 is 5.97 Å². The summed E-state index contributed by atoms with van der Waals surface area (Å²) in [6.45, 7) is 5.84. The Kier molecular flexibility index (Phi) is 2.52. The lowest BCUT2D eigenvalue weighted by molar-refractivity contribution is -0.165. The van der Waals surface area contributed by atoms with Crippen LogP contribution in [-0.2, 0) is 14.3 Å². The molecular formula is C9H14O3. The number of carbonyl (C=O) groups is 1. The predicted molar refractivity (Wildman–Crippen MR) is 44.7 cm³/mol. The first kappa shape index (κ1) is 9.26. The summed E-state index contributed by atoms with van der Waals surface area (Å²) in [5.74, 6) is -0.314. The molecule has 0 fully saturated rings. The fraction of sp³-hybridized carbons (Fsp3) is 0.667. The number of carbonyl (C=O) groups excluding carboxylic acids is 1. The first-order valence-corrected chi connectivity index (χ1v) is 4.07. The molecule has 68 valence electrons. The third-order valence-electron chi connectivity index (χ3n) is 1.66. The smallest absolute Gasteiger partial charge is 0.342 e. The van der Waals surface area contributed by atoms with Gasteiger partial charge >= 0.3 is 5.97 Å². The summed E-state index contributed by atoms with van der Waals surface area (Å²) in [5.41, 5.74) is -0.857. The van der Waals surface area contributed by atoms with E-state index in [1.165, 1.54) is 0 Å². The number of hydrogen-bond acceptors (Lipinski definition) is 3. The van der Waals surface area contributed by atoms with Crippen LogP contribution in [0.2, 0.25) is 0 Å². The van der Waals surface area contributed by atoms with Gasteiger partial charge in [0.25, 0.3) is 0 Å². The number of hydrogen-bond donors (Lipinski definition) is 0. The first-order valence-electron chi connectivity index (χ1n) is 4.07. The summed E-state index contributed by atoms with van der Waals surface area (Å²) in [5, 5.41) is 0. The summed E-state index contributed by atoms with van der Waals surface area (Å²) < 4.78 is 10.2. The van der Waals surface area contributed by atoms with E-state index in [0.717, 1.165) is 0 Å². The van der Waals surface area contributed by atoms with E-state index >= 15 is 0 Å². The van der Waals surface area contributed by atoms with Crippen LogP contribution in [0.4, 0.5) is 0 Å². The van der Waals surface area contributed by atoms with Gasteiger partial charge in [-0.25, -0.2) is 4.79 Å². The fourth-order valence-electron chi connectivity index (χ4n) is 1.00. The molecule has 1 atom stereocenters. The Hall–Kier alpha value is -0.830. The van der Waals surface area contributed by atoms with Crippen molar-refractivity contribution < 1.29 is 14.3 Å². The molecule has 3 heteroatoms. The molecule has 1 heterocycles. The molecule has 1 aliphatic heterocycles. The quantitative estimate of drug-likeness (QED) is 0.462. The molecule has 0 aliphatic carbocycles. The molecule has 0 spiro atoms. The minimum atomic E-state index is -0.857. The SMILES string of the molecule is CC(C)OC(=O)C1(C)C=CCO1. The summed E-state index contributed by atoms with van der Waals surface area (Å²) in [6, 6.07) is 0. The van der Waals surface area contributed by atoms with E-state index in [1.54, 1.807) is 13.0 Å². The van der Waals surface area contributed by atoms with Crippen LogP contribution in [0.5, 0.6) is 0 Å². The highest BCUT2D eigenvalue weighted by atomic mass is 16.6. The van der Waals surface area contributed by atoms with Crippen molar-refractivity contribution in [3.05, 3.63) is 12.2 Å². The second-order valence-electron chi connectivity index (χ2n) is 3.27. The Labute approximate surface area is 72.4 Å². The Morgan fingerprint density at radius 3 is 2.75 bits per heavy atom. The molecule has 0 saturated heterocycles. The second-order valence-corrected chi connectivity index (χ2v) is 3.27. The van der Waals surface area contributed by atoms with Crippen molar-refractivity contribution in [3.8, 4) is 0 Å². The van der Waals surface area contributed by atoms with Gasteiger partial charge in [-0.05, 0) is 26.8 Å². The van der Waals surface area contributed by atoms with E-state index in [9.17, 15) is 4.79 Å². The van der Waals surface area contributed by atoms with E-state index in [0.29, 0.717) is 6.61 Å². The normalized spacial score (nSPS) is 28.0. The minimum absolute atomic E-state index is 0.0908. The van der Waals surface area contributed by atoms with E-state index in [2.05, 4.69) is 0 Å². The van der Waals surface area contributed by atoms with Crippen LogP contribution in [0.1, 0.15) is 20.8 Å². The molecule has 3 nitrogen and oxygen atoms in total. The molecule has 0 aromatic rings. The zero-order valence-electron chi connectivity index (χ0n) is 7.66. The number of ether oxygens (including phenoxy) is 2. The molecule has 0 aromatic heterocycles. The molecule has 0 bridgehead atoms. The van der Waals surface area contributed by atoms with Gasteiger partial charge in [-0.1, -0.05) is 6.08 Å². The molecule has 1 aliphatic rings. The lowest BCUT2D eigenvalue weighted by Crippen LogP contribution is -2.36. The monoisotopic (exact) mass is 170 g/mol. The zero-order valence-corrected chi connectivity index (χ0v) is 7.66. The molecular weight excluding hydrogens is 156 g/mol. The van der Waals surface area contributed by atoms with Gasteiger partial charge < -0.3 is 9.47 Å². The van der Waals surface area contributed by atoms with Crippen LogP contribution >= 0.6 is 0 Å². The van der Waals surface area contributed by atoms with Gasteiger partial charge in [0.1, 0.15) is 0 Å². The molecule has 1 unspecified atom stereocenters. The maximum atomic E-state index is 11.4. The molecule has 0 radical (unpaired) electrons. The van der Waals surface area contributed by atoms with Crippen LogP contribution in [0.25, 0.3) is 0 Å². The maximum absolute atomic E-state index is 11.4. The van der Waals surface area contributed by atoms with Gasteiger partial charge in [-0.3, -0.25) is 0 Å². The van der Waals surface area contributed by atoms with Gasteiger partial charge in [-0.2, -0.15) is 0 Å². The summed E-state index contributed by atoms with van der Waals surface area (Å²) >= 11 is 0. The molecule has 12 heavy (non-hydrogen) atoms. The van der Waals surface area contributed by atoms with Crippen LogP contribution in [0, 0.1) is 0 Å². The van der Waals surface area contributed by atoms with Crippen LogP contribution in [-0.4, -0.2) is 24.3 Å². The van der Waals surface area contributed by atoms with Crippen molar-refractivity contribution in [2.24, 2.45) is 0 Å². The topological polar surface area (TPSA) is 35.5 Å². The van der Waals surface area contributed by atoms with Gasteiger partial charge in [-0.15, -0.1) is 0 Å². The Balaban J connectivity index is 2.57. The predicted octanol–water partition coefficient (Wildman–Crippen LogP) is 1.28. The van der Waals surface area contributed by atoms with Crippen molar-refractivity contribution in [1.29, 1.82) is 0 Å². The third kappa shape index (κ3) is 1.85. The number of esters is 1. The van der Waals surface area contributed by atoms with Crippen LogP contribution < -0.4 is 0 Å². The van der Waals surface area contributed by atoms with Crippen molar-refractivity contribution in [2.75, 3.05) is 6.61 Å². The minimum Gasteiger partial charge on any atom is -0.461 e. The zero-order chi connectivity index (χ0) is 9.19. The standard InChI is InChI=1S/C9H14O3/c1-7(2)12-8(10)9(3)5-4-6-11-9/h4-5,7H,6H2,1-3H3. The van der Waals surface area contributed by atoms with E-state index in [4.69, 9.17) is 9.47 Å². The lowest BCUT2D eigenvalue weighted by Gasteiger charge is -2.21. The van der Waals surface area contributed by atoms with Crippen LogP contribution in [0.3, 0.4) is 0 Å². The van der Waals surface area contributed by atoms with Crippen molar-refractivity contribution in [2.45, 2.75) is 32.5 Å². The first-order chi connectivity index (χ1) is 5.54. The average Bonchev–Trinajstić information content (AvgIpc) is 2.36. The highest BCUT2D eigenvalue weighted by Crippen LogP contribution is 2.20. The molecule has 1 rings (SSSR count). The highest BCUT2D eigenvalue weighted by molar-refractivity contribution is 5.82. The maximum Gasteiger partial charge on any atom is 0.342 e.